The highest BCUT2D eigenvalue weighted by atomic mass is 32.1. The maximum Gasteiger partial charge on any atom is 0.257 e. The average Bonchev–Trinajstić information content (AvgIpc) is 3.22. The molecule has 3 rings (SSSR count). The summed E-state index contributed by atoms with van der Waals surface area (Å²) in [7, 11) is 0. The Balaban J connectivity index is 1.59. The van der Waals surface area contributed by atoms with Crippen LogP contribution >= 0.6 is 11.3 Å². The maximum absolute atomic E-state index is 12.3. The number of benzene rings is 2. The predicted molar refractivity (Wildman–Crippen MR) is 110 cm³/mol. The maximum atomic E-state index is 12.3. The number of rotatable bonds is 6. The van der Waals surface area contributed by atoms with Crippen molar-refractivity contribution in [1.29, 1.82) is 0 Å². The van der Waals surface area contributed by atoms with Gasteiger partial charge in [-0.1, -0.05) is 6.92 Å². The summed E-state index contributed by atoms with van der Waals surface area (Å²) in [4.78, 5) is 39.9. The van der Waals surface area contributed by atoms with E-state index in [9.17, 15) is 14.4 Å². The average molecular weight is 394 g/mol. The Morgan fingerprint density at radius 3 is 1.86 bits per heavy atom. The van der Waals surface area contributed by atoms with E-state index in [0.717, 1.165) is 0 Å². The van der Waals surface area contributed by atoms with Crippen LogP contribution in [-0.4, -0.2) is 22.7 Å². The monoisotopic (exact) mass is 394 g/mol. The van der Waals surface area contributed by atoms with E-state index < -0.39 is 0 Å². The lowest BCUT2D eigenvalue weighted by Crippen LogP contribution is -2.14. The molecule has 1 aromatic heterocycles. The van der Waals surface area contributed by atoms with Crippen molar-refractivity contribution in [3.05, 3.63) is 71.2 Å². The van der Waals surface area contributed by atoms with Crippen molar-refractivity contribution in [2.45, 2.75) is 13.3 Å². The van der Waals surface area contributed by atoms with E-state index in [1.807, 2.05) is 0 Å². The molecule has 0 aliphatic carbocycles. The van der Waals surface area contributed by atoms with E-state index in [1.54, 1.807) is 67.0 Å². The molecule has 3 aromatic rings. The van der Waals surface area contributed by atoms with Gasteiger partial charge in [-0.3, -0.25) is 19.7 Å². The van der Waals surface area contributed by atoms with Crippen molar-refractivity contribution in [1.82, 2.24) is 4.98 Å². The number of thiazole rings is 1. The molecule has 142 valence electrons. The molecular weight excluding hydrogens is 376 g/mol. The third-order valence-corrected chi connectivity index (χ3v) is 4.50. The van der Waals surface area contributed by atoms with Gasteiger partial charge in [0.25, 0.3) is 11.8 Å². The number of nitrogens with zero attached hydrogens (tertiary/aromatic N) is 1. The van der Waals surface area contributed by atoms with Crippen molar-refractivity contribution in [2.24, 2.45) is 0 Å². The third kappa shape index (κ3) is 5.01. The first-order valence-electron chi connectivity index (χ1n) is 8.57. The fourth-order valence-corrected chi connectivity index (χ4v) is 2.84. The van der Waals surface area contributed by atoms with Gasteiger partial charge in [0.1, 0.15) is 0 Å². The van der Waals surface area contributed by atoms with Crippen LogP contribution in [0.15, 0.2) is 60.1 Å². The second-order valence-corrected chi connectivity index (χ2v) is 6.70. The van der Waals surface area contributed by atoms with Crippen LogP contribution in [-0.2, 0) is 4.79 Å². The normalized spacial score (nSPS) is 10.2. The van der Waals surface area contributed by atoms with Gasteiger partial charge in [-0.15, -0.1) is 11.3 Å². The minimum atomic E-state index is -0.284. The molecule has 0 saturated heterocycles. The summed E-state index contributed by atoms with van der Waals surface area (Å²) in [6, 6.07) is 13.2. The van der Waals surface area contributed by atoms with Crippen LogP contribution in [0.25, 0.3) is 0 Å². The summed E-state index contributed by atoms with van der Waals surface area (Å²) in [6.45, 7) is 1.77. The van der Waals surface area contributed by atoms with E-state index in [-0.39, 0.29) is 17.7 Å². The second-order valence-electron chi connectivity index (χ2n) is 5.80. The first kappa shape index (κ1) is 19.2. The van der Waals surface area contributed by atoms with Crippen molar-refractivity contribution in [2.75, 3.05) is 16.0 Å². The number of carbonyl (C=O) groups is 3. The molecule has 0 aliphatic rings. The van der Waals surface area contributed by atoms with Gasteiger partial charge in [-0.2, -0.15) is 0 Å². The Labute approximate surface area is 165 Å². The zero-order valence-electron chi connectivity index (χ0n) is 15.1. The molecule has 0 fully saturated rings. The molecular formula is C20H18N4O3S. The summed E-state index contributed by atoms with van der Waals surface area (Å²) in [6.07, 6.45) is 2.00. The predicted octanol–water partition coefficient (Wildman–Crippen LogP) is 4.00. The molecule has 0 saturated carbocycles. The molecule has 3 N–H and O–H groups in total. The van der Waals surface area contributed by atoms with Gasteiger partial charge >= 0.3 is 0 Å². The van der Waals surface area contributed by atoms with Crippen LogP contribution in [0.5, 0.6) is 0 Å². The number of hydrogen-bond donors (Lipinski definition) is 3. The Morgan fingerprint density at radius 1 is 0.821 bits per heavy atom. The first-order valence-corrected chi connectivity index (χ1v) is 9.45. The molecule has 0 bridgehead atoms. The van der Waals surface area contributed by atoms with Gasteiger partial charge in [-0.05, 0) is 48.5 Å². The van der Waals surface area contributed by atoms with Gasteiger partial charge in [0, 0.05) is 40.5 Å². The highest BCUT2D eigenvalue weighted by molar-refractivity contribution is 7.13. The number of anilines is 3. The van der Waals surface area contributed by atoms with Crippen LogP contribution in [0.3, 0.4) is 0 Å². The zero-order chi connectivity index (χ0) is 19.9. The zero-order valence-corrected chi connectivity index (χ0v) is 15.9. The van der Waals surface area contributed by atoms with E-state index in [1.165, 1.54) is 11.3 Å². The lowest BCUT2D eigenvalue weighted by Gasteiger charge is -2.08. The molecule has 3 amide bonds. The summed E-state index contributed by atoms with van der Waals surface area (Å²) in [5.41, 5.74) is 2.13. The van der Waals surface area contributed by atoms with Gasteiger partial charge in [-0.25, -0.2) is 4.98 Å². The molecule has 1 heterocycles. The SMILES string of the molecule is CCC(=O)Nc1ccc(C(=O)Nc2ccc(C(=O)Nc3nccs3)cc2)cc1. The van der Waals surface area contributed by atoms with Crippen molar-refractivity contribution >= 4 is 45.6 Å². The van der Waals surface area contributed by atoms with Gasteiger partial charge < -0.3 is 10.6 Å². The second kappa shape index (κ2) is 8.92. The van der Waals surface area contributed by atoms with E-state index in [4.69, 9.17) is 0 Å². The number of hydrogen-bond acceptors (Lipinski definition) is 5. The van der Waals surface area contributed by atoms with E-state index in [0.29, 0.717) is 34.1 Å². The molecule has 0 unspecified atom stereocenters. The lowest BCUT2D eigenvalue weighted by molar-refractivity contribution is -0.115. The van der Waals surface area contributed by atoms with Gasteiger partial charge in [0.15, 0.2) is 5.13 Å². The summed E-state index contributed by atoms with van der Waals surface area (Å²) in [5, 5.41) is 10.5. The number of nitrogens with one attached hydrogen (secondary N) is 3. The molecule has 8 heteroatoms. The Hall–Kier alpha value is -3.52. The molecule has 28 heavy (non-hydrogen) atoms. The minimum Gasteiger partial charge on any atom is -0.326 e. The number of amides is 3. The van der Waals surface area contributed by atoms with Crippen molar-refractivity contribution < 1.29 is 14.4 Å². The van der Waals surface area contributed by atoms with Crippen molar-refractivity contribution in [3.63, 3.8) is 0 Å². The molecule has 2 aromatic carbocycles. The summed E-state index contributed by atoms with van der Waals surface area (Å²) < 4.78 is 0. The lowest BCUT2D eigenvalue weighted by atomic mass is 10.1. The molecule has 0 aliphatic heterocycles. The Morgan fingerprint density at radius 2 is 1.36 bits per heavy atom. The number of aromatic nitrogens is 1. The first-order chi connectivity index (χ1) is 13.5. The Kier molecular flexibility index (Phi) is 6.13. The largest absolute Gasteiger partial charge is 0.326 e. The standard InChI is InChI=1S/C20H18N4O3S/c1-2-17(25)22-15-7-3-13(4-8-15)18(26)23-16-9-5-14(6-10-16)19(27)24-20-21-11-12-28-20/h3-12H,2H2,1H3,(H,22,25)(H,23,26)(H,21,24,27). The van der Waals surface area contributed by atoms with Crippen LogP contribution in [0, 0.1) is 0 Å². The van der Waals surface area contributed by atoms with Crippen LogP contribution in [0.1, 0.15) is 34.1 Å². The smallest absolute Gasteiger partial charge is 0.257 e. The van der Waals surface area contributed by atoms with Crippen LogP contribution in [0.4, 0.5) is 16.5 Å². The third-order valence-electron chi connectivity index (χ3n) is 3.81. The Bertz CT molecular complexity index is 968. The van der Waals surface area contributed by atoms with E-state index >= 15 is 0 Å². The van der Waals surface area contributed by atoms with E-state index in [2.05, 4.69) is 20.9 Å². The fraction of sp³-hybridized carbons (Fsp3) is 0.100. The highest BCUT2D eigenvalue weighted by Crippen LogP contribution is 2.16. The topological polar surface area (TPSA) is 100 Å². The summed E-state index contributed by atoms with van der Waals surface area (Å²) >= 11 is 1.34. The van der Waals surface area contributed by atoms with Gasteiger partial charge in [0.2, 0.25) is 5.91 Å². The number of carbonyl (C=O) groups excluding carboxylic acids is 3. The van der Waals surface area contributed by atoms with Gasteiger partial charge in [0.05, 0.1) is 0 Å². The molecule has 0 atom stereocenters. The minimum absolute atomic E-state index is 0.0869. The molecule has 0 radical (unpaired) electrons. The van der Waals surface area contributed by atoms with Crippen LogP contribution < -0.4 is 16.0 Å². The van der Waals surface area contributed by atoms with Crippen LogP contribution in [0.2, 0.25) is 0 Å². The molecule has 7 nitrogen and oxygen atoms in total. The quantitative estimate of drug-likeness (QED) is 0.588. The fourth-order valence-electron chi connectivity index (χ4n) is 2.32. The summed E-state index contributed by atoms with van der Waals surface area (Å²) in [5.74, 6) is -0.637. The highest BCUT2D eigenvalue weighted by Gasteiger charge is 2.10. The van der Waals surface area contributed by atoms with Crippen molar-refractivity contribution in [3.8, 4) is 0 Å². The molecule has 0 spiro atoms.